The molecule has 0 saturated carbocycles. The van der Waals surface area contributed by atoms with Gasteiger partial charge in [0.15, 0.2) is 0 Å². The summed E-state index contributed by atoms with van der Waals surface area (Å²) in [4.78, 5) is 61.1. The van der Waals surface area contributed by atoms with Crippen molar-refractivity contribution in [3.63, 3.8) is 0 Å². The highest BCUT2D eigenvalue weighted by Crippen LogP contribution is 2.11. The van der Waals surface area contributed by atoms with Gasteiger partial charge in [-0.25, -0.2) is 4.79 Å². The van der Waals surface area contributed by atoms with Crippen molar-refractivity contribution in [2.75, 3.05) is 0 Å². The van der Waals surface area contributed by atoms with Gasteiger partial charge in [0.05, 0.1) is 12.5 Å². The van der Waals surface area contributed by atoms with Crippen LogP contribution in [-0.4, -0.2) is 64.0 Å². The molecule has 4 atom stereocenters. The van der Waals surface area contributed by atoms with Gasteiger partial charge in [-0.15, -0.1) is 0 Å². The summed E-state index contributed by atoms with van der Waals surface area (Å²) < 4.78 is 0. The summed E-state index contributed by atoms with van der Waals surface area (Å²) in [7, 11) is 0. The van der Waals surface area contributed by atoms with E-state index in [0.29, 0.717) is 11.1 Å². The van der Waals surface area contributed by atoms with Crippen LogP contribution in [0.2, 0.25) is 0 Å². The quantitative estimate of drug-likeness (QED) is 0.175. The summed E-state index contributed by atoms with van der Waals surface area (Å²) >= 11 is 0. The molecule has 0 spiro atoms. The number of primary amides is 1. The van der Waals surface area contributed by atoms with Crippen LogP contribution >= 0.6 is 0 Å². The predicted molar refractivity (Wildman–Crippen MR) is 133 cm³/mol. The van der Waals surface area contributed by atoms with Crippen molar-refractivity contribution < 1.29 is 34.2 Å². The second-order valence-corrected chi connectivity index (χ2v) is 8.53. The van der Waals surface area contributed by atoms with Gasteiger partial charge in [0.25, 0.3) is 0 Å². The van der Waals surface area contributed by atoms with Gasteiger partial charge >= 0.3 is 5.97 Å². The van der Waals surface area contributed by atoms with Crippen molar-refractivity contribution in [3.05, 3.63) is 65.7 Å². The molecule has 0 bridgehead atoms. The number of carbonyl (C=O) groups is 5. The Morgan fingerprint density at radius 2 is 1.35 bits per heavy atom. The minimum atomic E-state index is -1.47. The van der Waals surface area contributed by atoms with Crippen LogP contribution in [0.1, 0.15) is 24.5 Å². The summed E-state index contributed by atoms with van der Waals surface area (Å²) in [6.45, 7) is 1.36. The van der Waals surface area contributed by atoms with Crippen molar-refractivity contribution >= 4 is 29.6 Å². The molecule has 2 aromatic rings. The molecule has 37 heavy (non-hydrogen) atoms. The molecule has 0 aliphatic rings. The van der Waals surface area contributed by atoms with E-state index in [1.165, 1.54) is 19.1 Å². The third kappa shape index (κ3) is 9.61. The molecule has 12 nitrogen and oxygen atoms in total. The summed E-state index contributed by atoms with van der Waals surface area (Å²) in [6.07, 6.45) is -0.466. The minimum absolute atomic E-state index is 0.0233. The SMILES string of the molecule is CC(NC(=O)C(N)Cc1ccc(O)cc1)C(=O)NC(CC(N)=O)C(=O)NC(Cc1ccccc1)C(=O)O. The molecule has 0 radical (unpaired) electrons. The van der Waals surface area contributed by atoms with E-state index in [2.05, 4.69) is 16.0 Å². The fourth-order valence-electron chi connectivity index (χ4n) is 3.39. The molecule has 2 rings (SSSR count). The van der Waals surface area contributed by atoms with E-state index in [-0.39, 0.29) is 18.6 Å². The molecule has 0 aliphatic carbocycles. The van der Waals surface area contributed by atoms with Crippen molar-refractivity contribution in [1.29, 1.82) is 0 Å². The Morgan fingerprint density at radius 1 is 0.784 bits per heavy atom. The Morgan fingerprint density at radius 3 is 1.92 bits per heavy atom. The average molecular weight is 514 g/mol. The number of aliphatic carboxylic acids is 1. The number of amides is 4. The lowest BCUT2D eigenvalue weighted by atomic mass is 10.0. The number of rotatable bonds is 13. The highest BCUT2D eigenvalue weighted by atomic mass is 16.4. The third-order valence-corrected chi connectivity index (χ3v) is 5.42. The van der Waals surface area contributed by atoms with E-state index in [1.54, 1.807) is 42.5 Å². The van der Waals surface area contributed by atoms with Gasteiger partial charge < -0.3 is 37.6 Å². The van der Waals surface area contributed by atoms with Crippen LogP contribution < -0.4 is 27.4 Å². The number of nitrogens with two attached hydrogens (primary N) is 2. The number of aromatic hydroxyl groups is 1. The number of carbonyl (C=O) groups excluding carboxylic acids is 4. The molecular formula is C25H31N5O7. The van der Waals surface area contributed by atoms with Crippen LogP contribution in [-0.2, 0) is 36.8 Å². The first-order valence-corrected chi connectivity index (χ1v) is 11.5. The van der Waals surface area contributed by atoms with Crippen LogP contribution in [0.5, 0.6) is 5.75 Å². The van der Waals surface area contributed by atoms with E-state index < -0.39 is 60.2 Å². The van der Waals surface area contributed by atoms with Gasteiger partial charge in [-0.2, -0.15) is 0 Å². The Kier molecular flexibility index (Phi) is 10.6. The lowest BCUT2D eigenvalue weighted by molar-refractivity contribution is -0.142. The van der Waals surface area contributed by atoms with E-state index in [1.807, 2.05) is 0 Å². The number of benzene rings is 2. The number of phenols is 1. The Labute approximate surface area is 213 Å². The maximum Gasteiger partial charge on any atom is 0.326 e. The monoisotopic (exact) mass is 513 g/mol. The predicted octanol–water partition coefficient (Wildman–Crippen LogP) is -1.06. The molecule has 0 heterocycles. The fraction of sp³-hybridized carbons (Fsp3) is 0.320. The first-order chi connectivity index (χ1) is 17.5. The zero-order valence-corrected chi connectivity index (χ0v) is 20.2. The molecule has 0 saturated heterocycles. The van der Waals surface area contributed by atoms with Crippen molar-refractivity contribution in [2.45, 2.75) is 50.4 Å². The van der Waals surface area contributed by atoms with Crippen LogP contribution in [0.15, 0.2) is 54.6 Å². The van der Waals surface area contributed by atoms with Crippen LogP contribution in [0, 0.1) is 0 Å². The highest BCUT2D eigenvalue weighted by molar-refractivity contribution is 5.96. The zero-order chi connectivity index (χ0) is 27.5. The molecule has 4 unspecified atom stereocenters. The largest absolute Gasteiger partial charge is 0.508 e. The summed E-state index contributed by atoms with van der Waals surface area (Å²) in [5, 5.41) is 25.9. The number of carboxylic acid groups (broad SMARTS) is 1. The van der Waals surface area contributed by atoms with E-state index in [0.717, 1.165) is 0 Å². The Balaban J connectivity index is 1.99. The van der Waals surface area contributed by atoms with Crippen molar-refractivity contribution in [1.82, 2.24) is 16.0 Å². The molecule has 12 heteroatoms. The number of hydrogen-bond donors (Lipinski definition) is 7. The first-order valence-electron chi connectivity index (χ1n) is 11.5. The fourth-order valence-corrected chi connectivity index (χ4v) is 3.39. The summed E-state index contributed by atoms with van der Waals surface area (Å²) in [6, 6.07) is 9.78. The molecule has 198 valence electrons. The lowest BCUT2D eigenvalue weighted by Crippen LogP contribution is -2.57. The van der Waals surface area contributed by atoms with Gasteiger partial charge in [-0.05, 0) is 36.6 Å². The minimum Gasteiger partial charge on any atom is -0.508 e. The van der Waals surface area contributed by atoms with E-state index >= 15 is 0 Å². The third-order valence-electron chi connectivity index (χ3n) is 5.42. The van der Waals surface area contributed by atoms with Crippen molar-refractivity contribution in [2.24, 2.45) is 11.5 Å². The van der Waals surface area contributed by atoms with Gasteiger partial charge in [-0.1, -0.05) is 42.5 Å². The molecular weight excluding hydrogens is 482 g/mol. The second kappa shape index (κ2) is 13.6. The molecule has 0 aliphatic heterocycles. The van der Waals surface area contributed by atoms with E-state index in [4.69, 9.17) is 11.5 Å². The van der Waals surface area contributed by atoms with Gasteiger partial charge in [0.2, 0.25) is 23.6 Å². The van der Waals surface area contributed by atoms with Crippen LogP contribution in [0.3, 0.4) is 0 Å². The number of carboxylic acids is 1. The Bertz CT molecular complexity index is 1110. The summed E-state index contributed by atoms with van der Waals surface area (Å²) in [5.74, 6) is -4.50. The maximum atomic E-state index is 12.8. The van der Waals surface area contributed by atoms with Gasteiger partial charge in [0.1, 0.15) is 23.9 Å². The van der Waals surface area contributed by atoms with E-state index in [9.17, 15) is 34.2 Å². The van der Waals surface area contributed by atoms with Crippen LogP contribution in [0.4, 0.5) is 0 Å². The molecule has 0 fully saturated rings. The molecule has 9 N–H and O–H groups in total. The molecule has 2 aromatic carbocycles. The molecule has 4 amide bonds. The highest BCUT2D eigenvalue weighted by Gasteiger charge is 2.30. The second-order valence-electron chi connectivity index (χ2n) is 8.53. The zero-order valence-electron chi connectivity index (χ0n) is 20.2. The van der Waals surface area contributed by atoms with Gasteiger partial charge in [-0.3, -0.25) is 19.2 Å². The summed E-state index contributed by atoms with van der Waals surface area (Å²) in [5.41, 5.74) is 12.5. The smallest absolute Gasteiger partial charge is 0.326 e. The maximum absolute atomic E-state index is 12.8. The number of hydrogen-bond acceptors (Lipinski definition) is 7. The first kappa shape index (κ1) is 28.8. The van der Waals surface area contributed by atoms with Crippen molar-refractivity contribution in [3.8, 4) is 5.75 Å². The Hall–Kier alpha value is -4.45. The number of nitrogens with one attached hydrogen (secondary N) is 3. The normalized spacial score (nSPS) is 13.9. The lowest BCUT2D eigenvalue weighted by Gasteiger charge is -2.23. The van der Waals surface area contributed by atoms with Gasteiger partial charge in [0, 0.05) is 6.42 Å². The topological polar surface area (TPSA) is 214 Å². The standard InChI is InChI=1S/C25H31N5O7/c1-14(28-23(34)18(26)11-16-7-9-17(31)10-8-16)22(33)29-19(13-21(27)32)24(35)30-20(25(36)37)12-15-5-3-2-4-6-15/h2-10,14,18-20,31H,11-13,26H2,1H3,(H2,27,32)(H,28,34)(H,29,33)(H,30,35)(H,36,37). The average Bonchev–Trinajstić information content (AvgIpc) is 2.84. The molecule has 0 aromatic heterocycles. The van der Waals surface area contributed by atoms with Crippen LogP contribution in [0.25, 0.3) is 0 Å². The number of phenolic OH excluding ortho intramolecular Hbond substituents is 1.